The Morgan fingerprint density at radius 3 is 2.54 bits per heavy atom. The number of halogens is 1. The molecule has 0 atom stereocenters. The molecule has 1 aliphatic carbocycles. The van der Waals surface area contributed by atoms with Crippen LogP contribution in [0.5, 0.6) is 5.75 Å². The Balaban J connectivity index is 0.00000243. The van der Waals surface area contributed by atoms with E-state index in [1.54, 1.807) is 7.11 Å². The van der Waals surface area contributed by atoms with E-state index in [-0.39, 0.29) is 29.4 Å². The molecule has 2 aromatic rings. The van der Waals surface area contributed by atoms with Crippen molar-refractivity contribution >= 4 is 41.3 Å². The van der Waals surface area contributed by atoms with E-state index in [2.05, 4.69) is 64.0 Å². The standard InChI is InChI=1S/C20H27N3OS.HI/c1-21-19(23(2)13-10-18-5-4-14-25-18)22-15-20(11-12-20)16-6-8-17(24-3)9-7-16;/h4-9,14H,10-13,15H2,1-3H3,(H,21,22);1H. The first kappa shape index (κ1) is 21.0. The molecule has 0 bridgehead atoms. The number of likely N-dealkylation sites (N-methyl/N-ethyl adjacent to an activating group) is 1. The zero-order valence-corrected chi connectivity index (χ0v) is 18.8. The fourth-order valence-corrected chi connectivity index (χ4v) is 3.83. The maximum absolute atomic E-state index is 5.27. The summed E-state index contributed by atoms with van der Waals surface area (Å²) in [6.07, 6.45) is 3.50. The number of nitrogens with zero attached hydrogens (tertiary/aromatic N) is 2. The van der Waals surface area contributed by atoms with E-state index in [9.17, 15) is 0 Å². The third-order valence-corrected chi connectivity index (χ3v) is 5.92. The highest BCUT2D eigenvalue weighted by Gasteiger charge is 2.44. The van der Waals surface area contributed by atoms with E-state index in [1.165, 1.54) is 23.3 Å². The molecule has 1 fully saturated rings. The topological polar surface area (TPSA) is 36.9 Å². The van der Waals surface area contributed by atoms with Crippen molar-refractivity contribution in [1.29, 1.82) is 0 Å². The van der Waals surface area contributed by atoms with E-state index in [0.717, 1.165) is 31.2 Å². The van der Waals surface area contributed by atoms with Gasteiger partial charge in [-0.15, -0.1) is 35.3 Å². The minimum Gasteiger partial charge on any atom is -0.497 e. The van der Waals surface area contributed by atoms with Crippen LogP contribution >= 0.6 is 35.3 Å². The number of thiophene rings is 1. The lowest BCUT2D eigenvalue weighted by atomic mass is 9.96. The molecular weight excluding hydrogens is 457 g/mol. The van der Waals surface area contributed by atoms with E-state index >= 15 is 0 Å². The number of benzene rings is 1. The van der Waals surface area contributed by atoms with Gasteiger partial charge in [-0.05, 0) is 48.4 Å². The maximum atomic E-state index is 5.27. The van der Waals surface area contributed by atoms with E-state index < -0.39 is 0 Å². The van der Waals surface area contributed by atoms with E-state index in [4.69, 9.17) is 4.74 Å². The van der Waals surface area contributed by atoms with Crippen LogP contribution in [-0.4, -0.2) is 45.2 Å². The van der Waals surface area contributed by atoms with Gasteiger partial charge in [-0.1, -0.05) is 18.2 Å². The second kappa shape index (κ2) is 9.60. The second-order valence-corrected chi connectivity index (χ2v) is 7.69. The lowest BCUT2D eigenvalue weighted by Gasteiger charge is -2.25. The van der Waals surface area contributed by atoms with E-state index in [0.29, 0.717) is 0 Å². The minimum atomic E-state index is 0. The number of methoxy groups -OCH3 is 1. The number of aliphatic imine (C=N–C) groups is 1. The highest BCUT2D eigenvalue weighted by atomic mass is 127. The molecule has 1 N–H and O–H groups in total. The van der Waals surface area contributed by atoms with Crippen LogP contribution in [0.25, 0.3) is 0 Å². The first-order valence-electron chi connectivity index (χ1n) is 8.75. The second-order valence-electron chi connectivity index (χ2n) is 6.66. The molecular formula is C20H28IN3OS. The van der Waals surface area contributed by atoms with Crippen LogP contribution < -0.4 is 10.1 Å². The van der Waals surface area contributed by atoms with Gasteiger partial charge in [0, 0.05) is 37.5 Å². The SMILES string of the molecule is CN=C(NCC1(c2ccc(OC)cc2)CC1)N(C)CCc1cccs1.I. The Morgan fingerprint density at radius 1 is 1.27 bits per heavy atom. The number of nitrogens with one attached hydrogen (secondary N) is 1. The van der Waals surface area contributed by atoms with E-state index in [1.807, 2.05) is 18.4 Å². The average molecular weight is 485 g/mol. The van der Waals surface area contributed by atoms with Gasteiger partial charge in [0.1, 0.15) is 5.75 Å². The lowest BCUT2D eigenvalue weighted by molar-refractivity contribution is 0.414. The molecule has 1 heterocycles. The van der Waals surface area contributed by atoms with Crippen LogP contribution in [0.4, 0.5) is 0 Å². The van der Waals surface area contributed by atoms with Crippen molar-refractivity contribution in [3.8, 4) is 5.75 Å². The fraction of sp³-hybridized carbons (Fsp3) is 0.450. The molecule has 142 valence electrons. The Hall–Kier alpha value is -1.28. The Bertz CT molecular complexity index is 696. The van der Waals surface area contributed by atoms with Crippen LogP contribution in [0.3, 0.4) is 0 Å². The van der Waals surface area contributed by atoms with Crippen molar-refractivity contribution in [3.63, 3.8) is 0 Å². The summed E-state index contributed by atoms with van der Waals surface area (Å²) in [7, 11) is 5.67. The number of ether oxygens (including phenoxy) is 1. The Labute approximate surface area is 177 Å². The quantitative estimate of drug-likeness (QED) is 0.364. The average Bonchev–Trinajstić information content (AvgIpc) is 3.25. The van der Waals surface area contributed by atoms with Crippen molar-refractivity contribution in [1.82, 2.24) is 10.2 Å². The van der Waals surface area contributed by atoms with Gasteiger partial charge in [-0.25, -0.2) is 0 Å². The third kappa shape index (κ3) is 5.13. The van der Waals surface area contributed by atoms with Crippen LogP contribution in [0.2, 0.25) is 0 Å². The van der Waals surface area contributed by atoms with Crippen LogP contribution in [0.1, 0.15) is 23.3 Å². The normalized spacial score (nSPS) is 15.1. The molecule has 0 aliphatic heterocycles. The minimum absolute atomic E-state index is 0. The Kier molecular flexibility index (Phi) is 7.76. The highest BCUT2D eigenvalue weighted by Crippen LogP contribution is 2.47. The molecule has 3 rings (SSSR count). The highest BCUT2D eigenvalue weighted by molar-refractivity contribution is 14.0. The van der Waals surface area contributed by atoms with Gasteiger partial charge in [0.2, 0.25) is 0 Å². The number of hydrogen-bond donors (Lipinski definition) is 1. The van der Waals surface area contributed by atoms with Gasteiger partial charge in [-0.3, -0.25) is 4.99 Å². The summed E-state index contributed by atoms with van der Waals surface area (Å²) in [5.41, 5.74) is 1.63. The monoisotopic (exact) mass is 485 g/mol. The van der Waals surface area contributed by atoms with Crippen LogP contribution in [0.15, 0.2) is 46.8 Å². The third-order valence-electron chi connectivity index (χ3n) is 4.99. The largest absolute Gasteiger partial charge is 0.497 e. The molecule has 1 aromatic heterocycles. The Morgan fingerprint density at radius 2 is 2.00 bits per heavy atom. The molecule has 26 heavy (non-hydrogen) atoms. The summed E-state index contributed by atoms with van der Waals surface area (Å²) in [5.74, 6) is 1.88. The molecule has 0 radical (unpaired) electrons. The molecule has 0 saturated heterocycles. The van der Waals surface area contributed by atoms with Gasteiger partial charge >= 0.3 is 0 Å². The van der Waals surface area contributed by atoms with Crippen molar-refractivity contribution in [2.75, 3.05) is 34.3 Å². The first-order chi connectivity index (χ1) is 12.2. The zero-order valence-electron chi connectivity index (χ0n) is 15.7. The summed E-state index contributed by atoms with van der Waals surface area (Å²) in [5, 5.41) is 5.71. The van der Waals surface area contributed by atoms with Gasteiger partial charge in [-0.2, -0.15) is 0 Å². The summed E-state index contributed by atoms with van der Waals surface area (Å²) >= 11 is 1.81. The maximum Gasteiger partial charge on any atom is 0.193 e. The molecule has 1 aliphatic rings. The van der Waals surface area contributed by atoms with Gasteiger partial charge in [0.05, 0.1) is 7.11 Å². The summed E-state index contributed by atoms with van der Waals surface area (Å²) in [4.78, 5) is 8.08. The van der Waals surface area contributed by atoms with Crippen LogP contribution in [0, 0.1) is 0 Å². The lowest BCUT2D eigenvalue weighted by Crippen LogP contribution is -2.43. The predicted molar refractivity (Wildman–Crippen MR) is 121 cm³/mol. The molecule has 1 aromatic carbocycles. The predicted octanol–water partition coefficient (Wildman–Crippen LogP) is 4.16. The smallest absolute Gasteiger partial charge is 0.193 e. The summed E-state index contributed by atoms with van der Waals surface area (Å²) in [6.45, 7) is 1.89. The van der Waals surface area contributed by atoms with Gasteiger partial charge in [0.15, 0.2) is 5.96 Å². The summed E-state index contributed by atoms with van der Waals surface area (Å²) in [6, 6.07) is 12.8. The van der Waals surface area contributed by atoms with Gasteiger partial charge in [0.25, 0.3) is 0 Å². The number of guanidine groups is 1. The number of hydrogen-bond acceptors (Lipinski definition) is 3. The van der Waals surface area contributed by atoms with Crippen molar-refractivity contribution in [2.24, 2.45) is 4.99 Å². The van der Waals surface area contributed by atoms with Crippen LogP contribution in [-0.2, 0) is 11.8 Å². The molecule has 4 nitrogen and oxygen atoms in total. The fourth-order valence-electron chi connectivity index (χ4n) is 3.13. The van der Waals surface area contributed by atoms with Crippen molar-refractivity contribution in [3.05, 3.63) is 52.2 Å². The molecule has 0 unspecified atom stereocenters. The summed E-state index contributed by atoms with van der Waals surface area (Å²) < 4.78 is 5.27. The van der Waals surface area contributed by atoms with Crippen molar-refractivity contribution in [2.45, 2.75) is 24.7 Å². The zero-order chi connectivity index (χ0) is 17.7. The molecule has 0 amide bonds. The molecule has 1 saturated carbocycles. The molecule has 6 heteroatoms. The van der Waals surface area contributed by atoms with Gasteiger partial charge < -0.3 is 15.0 Å². The first-order valence-corrected chi connectivity index (χ1v) is 9.63. The van der Waals surface area contributed by atoms with Crippen molar-refractivity contribution < 1.29 is 4.74 Å². The number of rotatable bonds is 7. The molecule has 0 spiro atoms.